The van der Waals surface area contributed by atoms with E-state index in [0.717, 1.165) is 33.7 Å². The van der Waals surface area contributed by atoms with Crippen molar-refractivity contribution in [1.82, 2.24) is 14.5 Å². The van der Waals surface area contributed by atoms with Gasteiger partial charge >= 0.3 is 0 Å². The molecule has 2 atom stereocenters. The first-order valence-electron chi connectivity index (χ1n) is 14.8. The van der Waals surface area contributed by atoms with Crippen LogP contribution in [0.25, 0.3) is 27.7 Å². The number of carbonyl (C=O) groups excluding carboxylic acids is 2. The molecular weight excluding hydrogens is 599 g/mol. The summed E-state index contributed by atoms with van der Waals surface area (Å²) in [6, 6.07) is 4.39. The van der Waals surface area contributed by atoms with Crippen LogP contribution in [0.3, 0.4) is 0 Å². The molecule has 1 saturated heterocycles. The van der Waals surface area contributed by atoms with E-state index >= 15 is 13.2 Å². The van der Waals surface area contributed by atoms with Crippen LogP contribution < -0.4 is 15.4 Å². The lowest BCUT2D eigenvalue weighted by molar-refractivity contribution is -0.129. The second-order valence-corrected chi connectivity index (χ2v) is 12.0. The molecule has 12 heteroatoms. The summed E-state index contributed by atoms with van der Waals surface area (Å²) < 4.78 is 49.6. The zero-order valence-corrected chi connectivity index (χ0v) is 25.9. The first-order valence-corrected chi connectivity index (χ1v) is 14.8. The topological polar surface area (TPSA) is 99.0 Å². The molecule has 2 amide bonds. The van der Waals surface area contributed by atoms with Crippen LogP contribution in [0.5, 0.6) is 5.75 Å². The van der Waals surface area contributed by atoms with E-state index in [1.54, 1.807) is 31.0 Å². The SMILES string of the molecule is C=CC(=O)N1CC(C)N2c3c(c(=O)n(-c4c(C)ccnc4C(C)C)c4c(F)c(-c5c(O)cccc5F)c(F)cc34)N(C)C(=O)C2C1. The Morgan fingerprint density at radius 1 is 1.07 bits per heavy atom. The number of benzene rings is 2. The Morgan fingerprint density at radius 2 is 1.78 bits per heavy atom. The van der Waals surface area contributed by atoms with Gasteiger partial charge in [-0.1, -0.05) is 26.5 Å². The van der Waals surface area contributed by atoms with Gasteiger partial charge in [-0.05, 0) is 55.7 Å². The van der Waals surface area contributed by atoms with Crippen LogP contribution in [0.1, 0.15) is 37.9 Å². The molecule has 4 aromatic rings. The fraction of sp³-hybridized carbons (Fsp3) is 0.294. The molecule has 1 fully saturated rings. The van der Waals surface area contributed by atoms with Crippen molar-refractivity contribution < 1.29 is 27.9 Å². The summed E-state index contributed by atoms with van der Waals surface area (Å²) in [5.74, 6) is -5.33. The van der Waals surface area contributed by atoms with Gasteiger partial charge in [-0.2, -0.15) is 0 Å². The first-order chi connectivity index (χ1) is 21.8. The van der Waals surface area contributed by atoms with Gasteiger partial charge in [-0.25, -0.2) is 13.2 Å². The molecule has 0 radical (unpaired) electrons. The molecule has 2 aliphatic heterocycles. The van der Waals surface area contributed by atoms with Gasteiger partial charge in [0.05, 0.1) is 40.3 Å². The molecule has 0 aliphatic carbocycles. The molecule has 6 rings (SSSR count). The standard InChI is InChI=1S/C34H32F3N5O4/c1-7-24(44)40-14-18(5)41-22(15-40)33(45)39(6)32-31(41)19-13-21(36)26(25-20(35)9-8-10-23(25)43)27(37)30(19)42(34(32)46)29-17(4)11-12-38-28(29)16(2)3/h7-13,16,18,22,43H,1,14-15H2,2-6H3. The summed E-state index contributed by atoms with van der Waals surface area (Å²) >= 11 is 0. The van der Waals surface area contributed by atoms with Gasteiger partial charge in [-0.15, -0.1) is 0 Å². The number of amides is 2. The fourth-order valence-corrected chi connectivity index (χ4v) is 6.80. The van der Waals surface area contributed by atoms with Crippen molar-refractivity contribution in [2.45, 2.75) is 45.7 Å². The Balaban J connectivity index is 1.81. The molecule has 2 aromatic carbocycles. The quantitative estimate of drug-likeness (QED) is 0.312. The van der Waals surface area contributed by atoms with Crippen LogP contribution in [-0.2, 0) is 9.59 Å². The van der Waals surface area contributed by atoms with Gasteiger partial charge in [0, 0.05) is 31.2 Å². The summed E-state index contributed by atoms with van der Waals surface area (Å²) in [6.07, 6.45) is 2.71. The number of halogens is 3. The number of phenols is 1. The number of likely N-dealkylation sites (N-methyl/N-ethyl adjacent to an activating group) is 1. The smallest absolute Gasteiger partial charge is 0.281 e. The van der Waals surface area contributed by atoms with Crippen LogP contribution in [0.15, 0.2) is 54.0 Å². The molecule has 9 nitrogen and oxygen atoms in total. The lowest BCUT2D eigenvalue weighted by atomic mass is 9.94. The number of hydrogen-bond donors (Lipinski definition) is 1. The van der Waals surface area contributed by atoms with Crippen LogP contribution in [-0.4, -0.2) is 63.6 Å². The number of fused-ring (bicyclic) bond motifs is 5. The molecule has 4 heterocycles. The molecule has 0 saturated carbocycles. The summed E-state index contributed by atoms with van der Waals surface area (Å²) in [6.45, 7) is 10.8. The van der Waals surface area contributed by atoms with Gasteiger partial charge in [0.1, 0.15) is 29.1 Å². The number of aryl methyl sites for hydroxylation is 1. The van der Waals surface area contributed by atoms with Crippen molar-refractivity contribution in [3.8, 4) is 22.6 Å². The lowest BCUT2D eigenvalue weighted by Gasteiger charge is -2.50. The normalized spacial score (nSPS) is 17.8. The summed E-state index contributed by atoms with van der Waals surface area (Å²) in [5.41, 5.74) is -1.47. The van der Waals surface area contributed by atoms with E-state index < -0.39 is 57.9 Å². The van der Waals surface area contributed by atoms with Crippen LogP contribution >= 0.6 is 0 Å². The third-order valence-corrected chi connectivity index (χ3v) is 8.85. The first kappa shape index (κ1) is 30.9. The zero-order chi connectivity index (χ0) is 33.4. The van der Waals surface area contributed by atoms with Crippen LogP contribution in [0.2, 0.25) is 0 Å². The lowest BCUT2D eigenvalue weighted by Crippen LogP contribution is -2.66. The molecule has 2 unspecified atom stereocenters. The second kappa shape index (κ2) is 11.0. The highest BCUT2D eigenvalue weighted by atomic mass is 19.1. The minimum absolute atomic E-state index is 0.0479. The molecular formula is C34H32F3N5O4. The monoisotopic (exact) mass is 631 g/mol. The maximum absolute atomic E-state index is 17.2. The number of aromatic hydroxyl groups is 1. The Hall–Kier alpha value is -5.13. The fourth-order valence-electron chi connectivity index (χ4n) is 6.80. The number of pyridine rings is 2. The summed E-state index contributed by atoms with van der Waals surface area (Å²) in [5, 5.41) is 10.5. The van der Waals surface area contributed by atoms with Crippen molar-refractivity contribution in [2.24, 2.45) is 0 Å². The minimum Gasteiger partial charge on any atom is -0.507 e. The largest absolute Gasteiger partial charge is 0.507 e. The number of anilines is 2. The third kappa shape index (κ3) is 4.38. The number of nitrogens with zero attached hydrogens (tertiary/aromatic N) is 5. The molecule has 2 aromatic heterocycles. The second-order valence-electron chi connectivity index (χ2n) is 12.0. The molecule has 46 heavy (non-hydrogen) atoms. The van der Waals surface area contributed by atoms with Gasteiger partial charge in [0.15, 0.2) is 5.82 Å². The number of carbonyl (C=O) groups is 2. The number of piperazine rings is 1. The predicted molar refractivity (Wildman–Crippen MR) is 169 cm³/mol. The van der Waals surface area contributed by atoms with Crippen molar-refractivity contribution in [2.75, 3.05) is 29.9 Å². The Morgan fingerprint density at radius 3 is 2.43 bits per heavy atom. The van der Waals surface area contributed by atoms with E-state index in [9.17, 15) is 19.5 Å². The van der Waals surface area contributed by atoms with E-state index in [1.165, 1.54) is 18.0 Å². The van der Waals surface area contributed by atoms with Gasteiger partial charge in [0.2, 0.25) is 5.91 Å². The number of rotatable bonds is 4. The average molecular weight is 632 g/mol. The highest BCUT2D eigenvalue weighted by Gasteiger charge is 2.47. The highest BCUT2D eigenvalue weighted by molar-refractivity contribution is 6.13. The van der Waals surface area contributed by atoms with Crippen molar-refractivity contribution in [3.05, 3.63) is 88.2 Å². The van der Waals surface area contributed by atoms with Crippen molar-refractivity contribution in [1.29, 1.82) is 0 Å². The van der Waals surface area contributed by atoms with Crippen molar-refractivity contribution >= 4 is 34.1 Å². The van der Waals surface area contributed by atoms with E-state index in [0.29, 0.717) is 11.3 Å². The van der Waals surface area contributed by atoms with E-state index in [-0.39, 0.29) is 52.9 Å². The molecule has 0 spiro atoms. The van der Waals surface area contributed by atoms with Gasteiger partial charge < -0.3 is 19.8 Å². The van der Waals surface area contributed by atoms with E-state index in [4.69, 9.17) is 0 Å². The maximum atomic E-state index is 17.2. The maximum Gasteiger partial charge on any atom is 0.281 e. The Bertz CT molecular complexity index is 2020. The van der Waals surface area contributed by atoms with Gasteiger partial charge in [0.25, 0.3) is 11.5 Å². The molecule has 2 aliphatic rings. The molecule has 1 N–H and O–H groups in total. The van der Waals surface area contributed by atoms with E-state index in [1.807, 2.05) is 13.8 Å². The van der Waals surface area contributed by atoms with E-state index in [2.05, 4.69) is 11.6 Å². The number of phenolic OH excluding ortho intramolecular Hbond substituents is 1. The summed E-state index contributed by atoms with van der Waals surface area (Å²) in [7, 11) is 1.41. The van der Waals surface area contributed by atoms with Crippen molar-refractivity contribution in [3.63, 3.8) is 0 Å². The predicted octanol–water partition coefficient (Wildman–Crippen LogP) is 5.18. The van der Waals surface area contributed by atoms with Crippen LogP contribution in [0, 0.1) is 24.4 Å². The number of aromatic nitrogens is 2. The van der Waals surface area contributed by atoms with Crippen LogP contribution in [0.4, 0.5) is 24.5 Å². The molecule has 0 bridgehead atoms. The Labute approximate surface area is 262 Å². The third-order valence-electron chi connectivity index (χ3n) is 8.85. The highest BCUT2D eigenvalue weighted by Crippen LogP contribution is 2.46. The average Bonchev–Trinajstić information content (AvgIpc) is 3.00. The zero-order valence-electron chi connectivity index (χ0n) is 25.9. The Kier molecular flexibility index (Phi) is 7.41. The molecule has 238 valence electrons. The number of hydrogen-bond acceptors (Lipinski definition) is 6. The van der Waals surface area contributed by atoms with Gasteiger partial charge in [-0.3, -0.25) is 23.9 Å². The summed E-state index contributed by atoms with van der Waals surface area (Å²) in [4.78, 5) is 50.0. The minimum atomic E-state index is -1.28.